The van der Waals surface area contributed by atoms with Crippen LogP contribution in [0.15, 0.2) is 35.7 Å². The first-order valence-electron chi connectivity index (χ1n) is 7.83. The fourth-order valence-electron chi connectivity index (χ4n) is 2.91. The Morgan fingerprint density at radius 1 is 1.33 bits per heavy atom. The SMILES string of the molecule is CCNC(Cc1csc(C2CC2(C)C)n1)c1ccccc1. The standard InChI is InChI=1S/C18H24N2S/c1-4-19-16(13-8-6-5-7-9-13)10-14-12-21-17(20-14)15-11-18(15,2)3/h5-9,12,15-16,19H,4,10-11H2,1-3H3. The predicted molar refractivity (Wildman–Crippen MR) is 89.8 cm³/mol. The summed E-state index contributed by atoms with van der Waals surface area (Å²) in [5.41, 5.74) is 3.04. The van der Waals surface area contributed by atoms with Gasteiger partial charge in [-0.3, -0.25) is 0 Å². The molecule has 21 heavy (non-hydrogen) atoms. The summed E-state index contributed by atoms with van der Waals surface area (Å²) in [5.74, 6) is 0.686. The maximum absolute atomic E-state index is 4.89. The number of benzene rings is 1. The highest BCUT2D eigenvalue weighted by Gasteiger charge is 2.48. The molecule has 2 unspecified atom stereocenters. The van der Waals surface area contributed by atoms with Gasteiger partial charge in [-0.25, -0.2) is 4.98 Å². The van der Waals surface area contributed by atoms with Crippen molar-refractivity contribution in [1.82, 2.24) is 10.3 Å². The van der Waals surface area contributed by atoms with Crippen molar-refractivity contribution in [3.63, 3.8) is 0 Å². The molecule has 2 nitrogen and oxygen atoms in total. The number of rotatable bonds is 6. The smallest absolute Gasteiger partial charge is 0.0964 e. The van der Waals surface area contributed by atoms with Crippen LogP contribution in [0.4, 0.5) is 0 Å². The third kappa shape index (κ3) is 3.35. The molecular weight excluding hydrogens is 276 g/mol. The summed E-state index contributed by atoms with van der Waals surface area (Å²) in [7, 11) is 0. The monoisotopic (exact) mass is 300 g/mol. The van der Waals surface area contributed by atoms with E-state index in [1.165, 1.54) is 22.7 Å². The predicted octanol–water partition coefficient (Wildman–Crippen LogP) is 4.55. The van der Waals surface area contributed by atoms with Gasteiger partial charge in [0.1, 0.15) is 0 Å². The van der Waals surface area contributed by atoms with E-state index in [9.17, 15) is 0 Å². The second-order valence-corrected chi connectivity index (χ2v) is 7.54. The lowest BCUT2D eigenvalue weighted by molar-refractivity contribution is 0.544. The minimum Gasteiger partial charge on any atom is -0.310 e. The number of hydrogen-bond donors (Lipinski definition) is 1. The molecule has 0 bridgehead atoms. The van der Waals surface area contributed by atoms with Crippen molar-refractivity contribution in [3.05, 3.63) is 52.0 Å². The lowest BCUT2D eigenvalue weighted by atomic mass is 10.0. The number of nitrogens with one attached hydrogen (secondary N) is 1. The minimum atomic E-state index is 0.360. The first-order valence-corrected chi connectivity index (χ1v) is 8.71. The van der Waals surface area contributed by atoms with Crippen molar-refractivity contribution in [2.24, 2.45) is 5.41 Å². The second-order valence-electron chi connectivity index (χ2n) is 6.65. The number of likely N-dealkylation sites (N-methyl/N-ethyl adjacent to an activating group) is 1. The summed E-state index contributed by atoms with van der Waals surface area (Å²) >= 11 is 1.84. The molecule has 2 aromatic rings. The third-order valence-corrected chi connectivity index (χ3v) is 5.45. The quantitative estimate of drug-likeness (QED) is 0.846. The van der Waals surface area contributed by atoms with Crippen LogP contribution in [0.3, 0.4) is 0 Å². The minimum absolute atomic E-state index is 0.360. The largest absolute Gasteiger partial charge is 0.310 e. The van der Waals surface area contributed by atoms with E-state index in [1.807, 2.05) is 11.3 Å². The average Bonchev–Trinajstić information content (AvgIpc) is 2.90. The van der Waals surface area contributed by atoms with Crippen molar-refractivity contribution >= 4 is 11.3 Å². The van der Waals surface area contributed by atoms with E-state index in [-0.39, 0.29) is 0 Å². The number of aromatic nitrogens is 1. The van der Waals surface area contributed by atoms with Gasteiger partial charge in [0.2, 0.25) is 0 Å². The van der Waals surface area contributed by atoms with Crippen molar-refractivity contribution in [2.75, 3.05) is 6.54 Å². The van der Waals surface area contributed by atoms with Gasteiger partial charge in [-0.1, -0.05) is 51.1 Å². The molecule has 3 heteroatoms. The molecule has 1 fully saturated rings. The second kappa shape index (κ2) is 5.90. The first-order chi connectivity index (χ1) is 10.1. The molecule has 0 spiro atoms. The molecule has 1 N–H and O–H groups in total. The van der Waals surface area contributed by atoms with Gasteiger partial charge in [0.05, 0.1) is 10.7 Å². The molecule has 1 aromatic heterocycles. The summed E-state index contributed by atoms with van der Waals surface area (Å²) in [4.78, 5) is 4.89. The van der Waals surface area contributed by atoms with Gasteiger partial charge < -0.3 is 5.32 Å². The van der Waals surface area contributed by atoms with Crippen molar-refractivity contribution < 1.29 is 0 Å². The summed E-state index contributed by atoms with van der Waals surface area (Å²) in [6, 6.07) is 11.0. The van der Waals surface area contributed by atoms with Crippen LogP contribution in [0.2, 0.25) is 0 Å². The number of nitrogens with zero attached hydrogens (tertiary/aromatic N) is 1. The van der Waals surface area contributed by atoms with Crippen LogP contribution in [-0.2, 0) is 6.42 Å². The van der Waals surface area contributed by atoms with Crippen molar-refractivity contribution in [1.29, 1.82) is 0 Å². The zero-order valence-corrected chi connectivity index (χ0v) is 13.9. The van der Waals surface area contributed by atoms with Gasteiger partial charge in [0.15, 0.2) is 0 Å². The fourth-order valence-corrected chi connectivity index (χ4v) is 4.06. The van der Waals surface area contributed by atoms with Crippen LogP contribution in [0.1, 0.15) is 55.4 Å². The Morgan fingerprint density at radius 3 is 2.67 bits per heavy atom. The van der Waals surface area contributed by atoms with Crippen molar-refractivity contribution in [2.45, 2.75) is 45.6 Å². The Bertz CT molecular complexity index is 588. The molecule has 0 radical (unpaired) electrons. The van der Waals surface area contributed by atoms with E-state index in [0.29, 0.717) is 17.4 Å². The van der Waals surface area contributed by atoms with Gasteiger partial charge in [0, 0.05) is 23.8 Å². The molecule has 0 amide bonds. The zero-order valence-electron chi connectivity index (χ0n) is 13.1. The Hall–Kier alpha value is -1.19. The average molecular weight is 300 g/mol. The third-order valence-electron chi connectivity index (χ3n) is 4.45. The Labute approximate surface area is 131 Å². The molecule has 0 aliphatic heterocycles. The molecule has 1 saturated carbocycles. The van der Waals surface area contributed by atoms with Crippen LogP contribution < -0.4 is 5.32 Å². The lowest BCUT2D eigenvalue weighted by Crippen LogP contribution is -2.23. The Balaban J connectivity index is 1.72. The molecular formula is C18H24N2S. The van der Waals surface area contributed by atoms with E-state index in [4.69, 9.17) is 4.98 Å². The molecule has 0 saturated heterocycles. The number of thiazole rings is 1. The van der Waals surface area contributed by atoms with E-state index in [1.54, 1.807) is 0 Å². The van der Waals surface area contributed by atoms with Gasteiger partial charge in [0.25, 0.3) is 0 Å². The van der Waals surface area contributed by atoms with Crippen LogP contribution in [-0.4, -0.2) is 11.5 Å². The van der Waals surface area contributed by atoms with Crippen LogP contribution in [0, 0.1) is 5.41 Å². The fraction of sp³-hybridized carbons (Fsp3) is 0.500. The highest BCUT2D eigenvalue weighted by Crippen LogP contribution is 2.59. The molecule has 1 heterocycles. The van der Waals surface area contributed by atoms with Crippen LogP contribution in [0.25, 0.3) is 0 Å². The highest BCUT2D eigenvalue weighted by atomic mass is 32.1. The molecule has 1 aromatic carbocycles. The Kier molecular flexibility index (Phi) is 4.14. The van der Waals surface area contributed by atoms with Crippen LogP contribution in [0.5, 0.6) is 0 Å². The van der Waals surface area contributed by atoms with E-state index < -0.39 is 0 Å². The van der Waals surface area contributed by atoms with Gasteiger partial charge in [-0.05, 0) is 23.9 Å². The van der Waals surface area contributed by atoms with E-state index in [2.05, 4.69) is 61.8 Å². The summed E-state index contributed by atoms with van der Waals surface area (Å²) in [6.07, 6.45) is 2.26. The lowest BCUT2D eigenvalue weighted by Gasteiger charge is -2.17. The van der Waals surface area contributed by atoms with Gasteiger partial charge >= 0.3 is 0 Å². The summed E-state index contributed by atoms with van der Waals surface area (Å²) in [5, 5.41) is 7.16. The summed E-state index contributed by atoms with van der Waals surface area (Å²) in [6.45, 7) is 7.82. The van der Waals surface area contributed by atoms with E-state index in [0.717, 1.165) is 13.0 Å². The summed E-state index contributed by atoms with van der Waals surface area (Å²) < 4.78 is 0. The normalized spacial score (nSPS) is 21.2. The molecule has 2 atom stereocenters. The molecule has 3 rings (SSSR count). The first kappa shape index (κ1) is 14.7. The maximum Gasteiger partial charge on any atom is 0.0964 e. The topological polar surface area (TPSA) is 24.9 Å². The molecule has 112 valence electrons. The molecule has 1 aliphatic carbocycles. The molecule has 1 aliphatic rings. The zero-order chi connectivity index (χ0) is 14.9. The maximum atomic E-state index is 4.89. The van der Waals surface area contributed by atoms with E-state index >= 15 is 0 Å². The number of hydrogen-bond acceptors (Lipinski definition) is 3. The van der Waals surface area contributed by atoms with Crippen LogP contribution >= 0.6 is 11.3 Å². The van der Waals surface area contributed by atoms with Gasteiger partial charge in [-0.15, -0.1) is 11.3 Å². The van der Waals surface area contributed by atoms with Gasteiger partial charge in [-0.2, -0.15) is 0 Å². The van der Waals surface area contributed by atoms with Crippen molar-refractivity contribution in [3.8, 4) is 0 Å². The Morgan fingerprint density at radius 2 is 2.05 bits per heavy atom. The highest BCUT2D eigenvalue weighted by molar-refractivity contribution is 7.09.